The number of carbonyl (C=O) groups excluding carboxylic acids is 2. The Bertz CT molecular complexity index is 1400. The second kappa shape index (κ2) is 13.5. The Hall–Kier alpha value is -2.88. The fraction of sp³-hybridized carbons (Fsp3) is 0.310. The van der Waals surface area contributed by atoms with Crippen LogP contribution in [0, 0.1) is 12.8 Å². The van der Waals surface area contributed by atoms with E-state index in [1.807, 2.05) is 38.1 Å². The Labute approximate surface area is 244 Å². The van der Waals surface area contributed by atoms with Gasteiger partial charge < -0.3 is 10.2 Å². The van der Waals surface area contributed by atoms with E-state index in [1.54, 1.807) is 50.2 Å². The lowest BCUT2D eigenvalue weighted by Crippen LogP contribution is -2.51. The highest BCUT2D eigenvalue weighted by molar-refractivity contribution is 9.10. The van der Waals surface area contributed by atoms with E-state index >= 15 is 0 Å². The van der Waals surface area contributed by atoms with E-state index in [2.05, 4.69) is 21.2 Å². The van der Waals surface area contributed by atoms with E-state index in [0.717, 1.165) is 14.3 Å². The molecule has 0 unspecified atom stereocenters. The van der Waals surface area contributed by atoms with Crippen LogP contribution < -0.4 is 9.62 Å². The Morgan fingerprint density at radius 1 is 0.949 bits per heavy atom. The van der Waals surface area contributed by atoms with Gasteiger partial charge >= 0.3 is 0 Å². The minimum atomic E-state index is -4.15. The number of benzene rings is 3. The van der Waals surface area contributed by atoms with E-state index < -0.39 is 28.5 Å². The fourth-order valence-electron chi connectivity index (χ4n) is 3.92. The molecular weight excluding hydrogens is 602 g/mol. The van der Waals surface area contributed by atoms with Gasteiger partial charge in [-0.1, -0.05) is 77.8 Å². The van der Waals surface area contributed by atoms with Crippen LogP contribution in [0.4, 0.5) is 5.69 Å². The molecule has 0 spiro atoms. The van der Waals surface area contributed by atoms with E-state index in [-0.39, 0.29) is 23.3 Å². The topological polar surface area (TPSA) is 86.8 Å². The molecule has 3 aromatic rings. The van der Waals surface area contributed by atoms with Crippen LogP contribution in [0.25, 0.3) is 0 Å². The van der Waals surface area contributed by atoms with Crippen LogP contribution >= 0.6 is 27.5 Å². The van der Waals surface area contributed by atoms with Gasteiger partial charge in [-0.3, -0.25) is 13.9 Å². The molecule has 1 atom stereocenters. The molecule has 0 saturated carbocycles. The number of nitrogens with zero attached hydrogens (tertiary/aromatic N) is 2. The highest BCUT2D eigenvalue weighted by Gasteiger charge is 2.33. The smallest absolute Gasteiger partial charge is 0.264 e. The summed E-state index contributed by atoms with van der Waals surface area (Å²) in [7, 11) is -4.15. The molecule has 0 aromatic heterocycles. The van der Waals surface area contributed by atoms with Gasteiger partial charge in [0.1, 0.15) is 12.6 Å². The second-order valence-electron chi connectivity index (χ2n) is 9.67. The van der Waals surface area contributed by atoms with E-state index in [4.69, 9.17) is 11.6 Å². The van der Waals surface area contributed by atoms with Gasteiger partial charge in [-0.15, -0.1) is 0 Å². The van der Waals surface area contributed by atoms with Gasteiger partial charge in [0.05, 0.1) is 10.6 Å². The number of hydrogen-bond acceptors (Lipinski definition) is 4. The molecule has 0 aliphatic carbocycles. The summed E-state index contributed by atoms with van der Waals surface area (Å²) >= 11 is 9.77. The number of sulfonamides is 1. The lowest BCUT2D eigenvalue weighted by Gasteiger charge is -2.32. The van der Waals surface area contributed by atoms with E-state index in [1.165, 1.54) is 17.0 Å². The summed E-state index contributed by atoms with van der Waals surface area (Å²) in [5.74, 6) is -0.608. The van der Waals surface area contributed by atoms with Crippen molar-refractivity contribution >= 4 is 55.1 Å². The standard InChI is InChI=1S/C29H33BrClN3O4S/c1-20(2)17-32-29(36)22(4)33(18-23-13-15-24(30)16-14-23)28(35)19-34(27-12-8-11-26(31)21(27)3)39(37,38)25-9-6-5-7-10-25/h5-16,20,22H,17-19H2,1-4H3,(H,32,36)/t22-/m1/s1. The van der Waals surface area contributed by atoms with Gasteiger partial charge in [0, 0.05) is 22.6 Å². The monoisotopic (exact) mass is 633 g/mol. The third kappa shape index (κ3) is 7.84. The number of hydrogen-bond donors (Lipinski definition) is 1. The molecule has 0 radical (unpaired) electrons. The first-order chi connectivity index (χ1) is 18.4. The normalized spacial score (nSPS) is 12.2. The van der Waals surface area contributed by atoms with Crippen molar-refractivity contribution in [3.05, 3.63) is 93.4 Å². The summed E-state index contributed by atoms with van der Waals surface area (Å²) in [5.41, 5.74) is 1.61. The molecule has 1 N–H and O–H groups in total. The molecule has 2 amide bonds. The maximum atomic E-state index is 14.0. The number of nitrogens with one attached hydrogen (secondary N) is 1. The highest BCUT2D eigenvalue weighted by Crippen LogP contribution is 2.31. The number of halogens is 2. The van der Waals surface area contributed by atoms with Crippen molar-refractivity contribution in [1.82, 2.24) is 10.2 Å². The molecule has 39 heavy (non-hydrogen) atoms. The van der Waals surface area contributed by atoms with Gasteiger partial charge in [0.2, 0.25) is 11.8 Å². The first-order valence-electron chi connectivity index (χ1n) is 12.6. The predicted molar refractivity (Wildman–Crippen MR) is 159 cm³/mol. The van der Waals surface area contributed by atoms with Crippen LogP contribution in [0.5, 0.6) is 0 Å². The molecule has 3 aromatic carbocycles. The summed E-state index contributed by atoms with van der Waals surface area (Å²) in [6.07, 6.45) is 0. The molecule has 10 heteroatoms. The van der Waals surface area contributed by atoms with Gasteiger partial charge in [-0.25, -0.2) is 8.42 Å². The molecule has 0 saturated heterocycles. The first-order valence-corrected chi connectivity index (χ1v) is 15.2. The number of anilines is 1. The first kappa shape index (κ1) is 30.7. The summed E-state index contributed by atoms with van der Waals surface area (Å²) < 4.78 is 29.7. The van der Waals surface area contributed by atoms with Crippen molar-refractivity contribution in [3.8, 4) is 0 Å². The molecule has 0 aliphatic heterocycles. The van der Waals surface area contributed by atoms with Crippen molar-refractivity contribution in [2.45, 2.75) is 45.2 Å². The summed E-state index contributed by atoms with van der Waals surface area (Å²) in [6.45, 7) is 7.38. The number of rotatable bonds is 11. The third-order valence-electron chi connectivity index (χ3n) is 6.24. The third-order valence-corrected chi connectivity index (χ3v) is 8.95. The SMILES string of the molecule is Cc1c(Cl)cccc1N(CC(=O)N(Cc1ccc(Br)cc1)[C@H](C)C(=O)NCC(C)C)S(=O)(=O)c1ccccc1. The average Bonchev–Trinajstić information content (AvgIpc) is 2.91. The van der Waals surface area contributed by atoms with Gasteiger partial charge in [-0.05, 0) is 67.3 Å². The quantitative estimate of drug-likeness (QED) is 0.289. The molecule has 0 bridgehead atoms. The van der Waals surface area contributed by atoms with Crippen molar-refractivity contribution in [2.24, 2.45) is 5.92 Å². The van der Waals surface area contributed by atoms with Gasteiger partial charge in [-0.2, -0.15) is 0 Å². The molecule has 7 nitrogen and oxygen atoms in total. The molecule has 0 aliphatic rings. The minimum Gasteiger partial charge on any atom is -0.354 e. The minimum absolute atomic E-state index is 0.0411. The lowest BCUT2D eigenvalue weighted by molar-refractivity contribution is -0.139. The Morgan fingerprint density at radius 3 is 2.21 bits per heavy atom. The van der Waals surface area contributed by atoms with Crippen molar-refractivity contribution in [3.63, 3.8) is 0 Å². The van der Waals surface area contributed by atoms with Crippen molar-refractivity contribution < 1.29 is 18.0 Å². The Balaban J connectivity index is 2.04. The Kier molecular flexibility index (Phi) is 10.6. The Morgan fingerprint density at radius 2 is 1.59 bits per heavy atom. The maximum absolute atomic E-state index is 14.0. The number of carbonyl (C=O) groups is 2. The number of amides is 2. The van der Waals surface area contributed by atoms with Crippen LogP contribution in [-0.4, -0.2) is 44.3 Å². The van der Waals surface area contributed by atoms with Crippen LogP contribution in [0.3, 0.4) is 0 Å². The zero-order valence-electron chi connectivity index (χ0n) is 22.4. The van der Waals surface area contributed by atoms with Crippen molar-refractivity contribution in [2.75, 3.05) is 17.4 Å². The van der Waals surface area contributed by atoms with E-state index in [9.17, 15) is 18.0 Å². The summed E-state index contributed by atoms with van der Waals surface area (Å²) in [4.78, 5) is 28.5. The second-order valence-corrected chi connectivity index (χ2v) is 12.9. The molecule has 0 heterocycles. The van der Waals surface area contributed by atoms with Crippen molar-refractivity contribution in [1.29, 1.82) is 0 Å². The molecule has 3 rings (SSSR count). The van der Waals surface area contributed by atoms with Crippen LogP contribution in [-0.2, 0) is 26.2 Å². The maximum Gasteiger partial charge on any atom is 0.264 e. The molecular formula is C29H33BrClN3O4S. The summed E-state index contributed by atoms with van der Waals surface area (Å²) in [6, 6.07) is 19.4. The molecule has 208 valence electrons. The van der Waals surface area contributed by atoms with Crippen LogP contribution in [0.2, 0.25) is 5.02 Å². The fourth-order valence-corrected chi connectivity index (χ4v) is 5.85. The zero-order chi connectivity index (χ0) is 28.7. The zero-order valence-corrected chi connectivity index (χ0v) is 25.6. The van der Waals surface area contributed by atoms with Crippen LogP contribution in [0.1, 0.15) is 31.9 Å². The van der Waals surface area contributed by atoms with E-state index in [0.29, 0.717) is 22.8 Å². The van der Waals surface area contributed by atoms with Gasteiger partial charge in [0.25, 0.3) is 10.0 Å². The van der Waals surface area contributed by atoms with Crippen LogP contribution in [0.15, 0.2) is 82.2 Å². The molecule has 0 fully saturated rings. The predicted octanol–water partition coefficient (Wildman–Crippen LogP) is 5.80. The van der Waals surface area contributed by atoms with Gasteiger partial charge in [0.15, 0.2) is 0 Å². The average molecular weight is 635 g/mol. The lowest BCUT2D eigenvalue weighted by atomic mass is 10.1. The highest BCUT2D eigenvalue weighted by atomic mass is 79.9. The summed E-state index contributed by atoms with van der Waals surface area (Å²) in [5, 5.41) is 3.26. The largest absolute Gasteiger partial charge is 0.354 e.